The maximum absolute atomic E-state index is 10.4. The highest BCUT2D eigenvalue weighted by Crippen LogP contribution is 2.14. The topological polar surface area (TPSA) is 46.5 Å². The first-order valence-corrected chi connectivity index (χ1v) is 8.31. The SMILES string of the molecule is CC(/C=C/CC(C)(O)/C=C/Cc1ccoc1)=C\CCc1ccoc1. The van der Waals surface area contributed by atoms with E-state index in [-0.39, 0.29) is 0 Å². The molecule has 24 heavy (non-hydrogen) atoms. The second-order valence-electron chi connectivity index (χ2n) is 6.32. The van der Waals surface area contributed by atoms with Gasteiger partial charge in [0.2, 0.25) is 0 Å². The highest BCUT2D eigenvalue weighted by molar-refractivity contribution is 5.19. The molecule has 3 heteroatoms. The normalized spacial score (nSPS) is 15.4. The number of aliphatic hydroxyl groups is 1. The Labute approximate surface area is 144 Å². The van der Waals surface area contributed by atoms with Gasteiger partial charge in [0.1, 0.15) is 0 Å². The fourth-order valence-electron chi connectivity index (χ4n) is 2.38. The van der Waals surface area contributed by atoms with E-state index in [4.69, 9.17) is 8.83 Å². The van der Waals surface area contributed by atoms with Crippen LogP contribution < -0.4 is 0 Å². The van der Waals surface area contributed by atoms with Crippen LogP contribution in [0.2, 0.25) is 0 Å². The van der Waals surface area contributed by atoms with Gasteiger partial charge in [0.15, 0.2) is 0 Å². The van der Waals surface area contributed by atoms with Crippen molar-refractivity contribution in [3.8, 4) is 0 Å². The molecule has 0 saturated carbocycles. The van der Waals surface area contributed by atoms with Crippen molar-refractivity contribution >= 4 is 0 Å². The van der Waals surface area contributed by atoms with Crippen molar-refractivity contribution in [2.75, 3.05) is 0 Å². The Bertz CT molecular complexity index is 656. The minimum absolute atomic E-state index is 0.585. The van der Waals surface area contributed by atoms with Crippen molar-refractivity contribution in [3.63, 3.8) is 0 Å². The fraction of sp³-hybridized carbons (Fsp3) is 0.333. The molecule has 0 saturated heterocycles. The van der Waals surface area contributed by atoms with Crippen molar-refractivity contribution in [1.82, 2.24) is 0 Å². The van der Waals surface area contributed by atoms with Crippen molar-refractivity contribution < 1.29 is 13.9 Å². The summed E-state index contributed by atoms with van der Waals surface area (Å²) in [7, 11) is 0. The Kier molecular flexibility index (Phi) is 6.89. The molecule has 2 aromatic rings. The zero-order valence-corrected chi connectivity index (χ0v) is 14.4. The fourth-order valence-corrected chi connectivity index (χ4v) is 2.38. The van der Waals surface area contributed by atoms with Gasteiger partial charge in [0.05, 0.1) is 30.7 Å². The molecule has 2 aromatic heterocycles. The van der Waals surface area contributed by atoms with Crippen LogP contribution in [0.15, 0.2) is 82.0 Å². The molecule has 0 aliphatic heterocycles. The Hall–Kier alpha value is -2.26. The molecular weight excluding hydrogens is 300 g/mol. The molecule has 0 aliphatic rings. The molecule has 128 valence electrons. The molecule has 0 fully saturated rings. The Balaban J connectivity index is 1.73. The lowest BCUT2D eigenvalue weighted by Gasteiger charge is -2.16. The quantitative estimate of drug-likeness (QED) is 0.506. The predicted octanol–water partition coefficient (Wildman–Crippen LogP) is 5.25. The lowest BCUT2D eigenvalue weighted by atomic mass is 10.00. The monoisotopic (exact) mass is 326 g/mol. The van der Waals surface area contributed by atoms with Crippen molar-refractivity contribution in [2.45, 2.75) is 45.1 Å². The standard InChI is InChI=1S/C21H26O3/c1-18(6-3-8-19-10-14-23-16-19)7-4-12-21(2,22)13-5-9-20-11-15-24-17-20/h4-7,10-11,13-17,22H,3,8-9,12H2,1-2H3/b7-4+,13-5+,18-6+. The van der Waals surface area contributed by atoms with Gasteiger partial charge < -0.3 is 13.9 Å². The molecule has 0 aromatic carbocycles. The maximum atomic E-state index is 10.4. The third-order valence-corrected chi connectivity index (χ3v) is 3.80. The van der Waals surface area contributed by atoms with E-state index in [1.165, 1.54) is 11.1 Å². The summed E-state index contributed by atoms with van der Waals surface area (Å²) in [6, 6.07) is 3.92. The Morgan fingerprint density at radius 2 is 1.83 bits per heavy atom. The number of furan rings is 2. The maximum Gasteiger partial charge on any atom is 0.0937 e. The summed E-state index contributed by atoms with van der Waals surface area (Å²) in [6.07, 6.45) is 20.3. The molecule has 0 radical (unpaired) electrons. The van der Waals surface area contributed by atoms with Gasteiger partial charge in [-0.3, -0.25) is 0 Å². The van der Waals surface area contributed by atoms with E-state index < -0.39 is 5.60 Å². The Morgan fingerprint density at radius 3 is 2.50 bits per heavy atom. The highest BCUT2D eigenvalue weighted by Gasteiger charge is 2.13. The molecular formula is C21H26O3. The van der Waals surface area contributed by atoms with Crippen LogP contribution in [0.25, 0.3) is 0 Å². The molecule has 1 atom stereocenters. The van der Waals surface area contributed by atoms with Crippen LogP contribution in [0, 0.1) is 0 Å². The van der Waals surface area contributed by atoms with E-state index >= 15 is 0 Å². The minimum Gasteiger partial charge on any atom is -0.472 e. The summed E-state index contributed by atoms with van der Waals surface area (Å²) < 4.78 is 10.1. The van der Waals surface area contributed by atoms with E-state index in [2.05, 4.69) is 19.1 Å². The summed E-state index contributed by atoms with van der Waals surface area (Å²) in [6.45, 7) is 3.90. The number of rotatable bonds is 9. The number of hydrogen-bond donors (Lipinski definition) is 1. The minimum atomic E-state index is -0.836. The van der Waals surface area contributed by atoms with Crippen molar-refractivity contribution in [1.29, 1.82) is 0 Å². The lowest BCUT2D eigenvalue weighted by molar-refractivity contribution is 0.115. The third kappa shape index (κ3) is 6.88. The zero-order chi connectivity index (χ0) is 17.3. The van der Waals surface area contributed by atoms with Gasteiger partial charge in [0.25, 0.3) is 0 Å². The third-order valence-electron chi connectivity index (χ3n) is 3.80. The van der Waals surface area contributed by atoms with E-state index in [1.807, 2.05) is 37.3 Å². The van der Waals surface area contributed by atoms with E-state index in [9.17, 15) is 5.11 Å². The largest absolute Gasteiger partial charge is 0.472 e. The van der Waals surface area contributed by atoms with Crippen molar-refractivity contribution in [2.24, 2.45) is 0 Å². The zero-order valence-electron chi connectivity index (χ0n) is 14.4. The molecule has 1 unspecified atom stereocenters. The van der Waals surface area contributed by atoms with Crippen LogP contribution in [0.5, 0.6) is 0 Å². The number of hydrogen-bond acceptors (Lipinski definition) is 3. The second-order valence-corrected chi connectivity index (χ2v) is 6.32. The molecule has 3 nitrogen and oxygen atoms in total. The first-order valence-electron chi connectivity index (χ1n) is 8.31. The van der Waals surface area contributed by atoms with Gasteiger partial charge in [-0.2, -0.15) is 0 Å². The molecule has 0 aliphatic carbocycles. The van der Waals surface area contributed by atoms with Crippen molar-refractivity contribution in [3.05, 3.63) is 84.3 Å². The molecule has 2 rings (SSSR count). The smallest absolute Gasteiger partial charge is 0.0937 e. The second kappa shape index (κ2) is 9.14. The van der Waals surface area contributed by atoms with Crippen LogP contribution in [-0.4, -0.2) is 10.7 Å². The molecule has 2 heterocycles. The average Bonchev–Trinajstić information content (AvgIpc) is 3.20. The van der Waals surface area contributed by atoms with Gasteiger partial charge in [-0.25, -0.2) is 0 Å². The predicted molar refractivity (Wildman–Crippen MR) is 96.7 cm³/mol. The number of aryl methyl sites for hydroxylation is 1. The summed E-state index contributed by atoms with van der Waals surface area (Å²) in [5.41, 5.74) is 2.69. The van der Waals surface area contributed by atoms with Gasteiger partial charge >= 0.3 is 0 Å². The molecule has 1 N–H and O–H groups in total. The van der Waals surface area contributed by atoms with Gasteiger partial charge in [0, 0.05) is 0 Å². The lowest BCUT2D eigenvalue weighted by Crippen LogP contribution is -2.19. The first-order chi connectivity index (χ1) is 11.6. The summed E-state index contributed by atoms with van der Waals surface area (Å²) in [5.74, 6) is 0. The molecule has 0 amide bonds. The van der Waals surface area contributed by atoms with E-state index in [1.54, 1.807) is 25.1 Å². The first kappa shape index (κ1) is 18.1. The van der Waals surface area contributed by atoms with Crippen LogP contribution in [0.4, 0.5) is 0 Å². The average molecular weight is 326 g/mol. The van der Waals surface area contributed by atoms with Crippen LogP contribution in [0.3, 0.4) is 0 Å². The van der Waals surface area contributed by atoms with Crippen LogP contribution in [0.1, 0.15) is 37.8 Å². The molecule has 0 bridgehead atoms. The van der Waals surface area contributed by atoms with Gasteiger partial charge in [-0.15, -0.1) is 0 Å². The number of allylic oxidation sites excluding steroid dienone is 4. The summed E-state index contributed by atoms with van der Waals surface area (Å²) in [5, 5.41) is 10.4. The van der Waals surface area contributed by atoms with Gasteiger partial charge in [-0.05, 0) is 62.8 Å². The van der Waals surface area contributed by atoms with E-state index in [0.29, 0.717) is 6.42 Å². The van der Waals surface area contributed by atoms with Crippen LogP contribution in [-0.2, 0) is 12.8 Å². The van der Waals surface area contributed by atoms with Crippen LogP contribution >= 0.6 is 0 Å². The highest BCUT2D eigenvalue weighted by atomic mass is 16.3. The van der Waals surface area contributed by atoms with Gasteiger partial charge in [-0.1, -0.05) is 36.0 Å². The molecule has 0 spiro atoms. The summed E-state index contributed by atoms with van der Waals surface area (Å²) >= 11 is 0. The summed E-state index contributed by atoms with van der Waals surface area (Å²) in [4.78, 5) is 0. The van der Waals surface area contributed by atoms with E-state index in [0.717, 1.165) is 24.8 Å². The Morgan fingerprint density at radius 1 is 1.12 bits per heavy atom.